The molecule has 0 aromatic heterocycles. The van der Waals surface area contributed by atoms with Crippen LogP contribution in [0, 0.1) is 0 Å². The first-order valence-corrected chi connectivity index (χ1v) is 10.6. The van der Waals surface area contributed by atoms with Crippen LogP contribution in [0.15, 0.2) is 58.3 Å². The quantitative estimate of drug-likeness (QED) is 0.399. The van der Waals surface area contributed by atoms with Crippen molar-refractivity contribution in [2.45, 2.75) is 39.8 Å². The van der Waals surface area contributed by atoms with Crippen LogP contribution in [0.3, 0.4) is 0 Å². The average Bonchev–Trinajstić information content (AvgIpc) is 3.13. The third kappa shape index (κ3) is 3.28. The highest BCUT2D eigenvalue weighted by atomic mass is 35.5. The molecule has 0 amide bonds. The van der Waals surface area contributed by atoms with Crippen LogP contribution in [0.4, 0.5) is 0 Å². The van der Waals surface area contributed by atoms with Gasteiger partial charge in [-0.05, 0) is 53.3 Å². The van der Waals surface area contributed by atoms with Crippen molar-refractivity contribution in [1.29, 1.82) is 0 Å². The van der Waals surface area contributed by atoms with E-state index in [9.17, 15) is 0 Å². The topological polar surface area (TPSA) is 0 Å². The second-order valence-electron chi connectivity index (χ2n) is 5.70. The van der Waals surface area contributed by atoms with Crippen LogP contribution in [0.2, 0.25) is 0 Å². The van der Waals surface area contributed by atoms with E-state index in [1.54, 1.807) is 0 Å². The number of hydrogen-bond acceptors (Lipinski definition) is 2. The summed E-state index contributed by atoms with van der Waals surface area (Å²) in [6, 6.07) is 17.4. The van der Waals surface area contributed by atoms with Crippen molar-refractivity contribution < 1.29 is 0 Å². The Morgan fingerprint density at radius 2 is 1.13 bits per heavy atom. The molecule has 4 heteroatoms. The fraction of sp³-hybridized carbons (Fsp3) is 0.368. The molecule has 0 N–H and O–H groups in total. The molecule has 0 spiro atoms. The zero-order valence-corrected chi connectivity index (χ0v) is 16.5. The van der Waals surface area contributed by atoms with Gasteiger partial charge < -0.3 is 0 Å². The summed E-state index contributed by atoms with van der Waals surface area (Å²) in [5.41, 5.74) is 2.14. The van der Waals surface area contributed by atoms with Crippen LogP contribution in [0.5, 0.6) is 0 Å². The van der Waals surface area contributed by atoms with Gasteiger partial charge in [-0.2, -0.15) is 0 Å². The second-order valence-corrected chi connectivity index (χ2v) is 9.86. The van der Waals surface area contributed by atoms with E-state index < -0.39 is 4.33 Å². The molecule has 0 radical (unpaired) electrons. The van der Waals surface area contributed by atoms with Crippen molar-refractivity contribution in [2.75, 3.05) is 11.5 Å². The largest absolute Gasteiger partial charge is 0.133 e. The minimum atomic E-state index is -0.716. The molecule has 23 heavy (non-hydrogen) atoms. The predicted molar refractivity (Wildman–Crippen MR) is 106 cm³/mol. The Labute approximate surface area is 157 Å². The lowest BCUT2D eigenvalue weighted by molar-refractivity contribution is 0.829. The van der Waals surface area contributed by atoms with E-state index in [-0.39, 0.29) is 5.41 Å². The maximum absolute atomic E-state index is 6.59. The molecule has 1 aliphatic carbocycles. The Balaban J connectivity index is 1.94. The molecule has 0 heterocycles. The maximum Gasteiger partial charge on any atom is 0.133 e. The van der Waals surface area contributed by atoms with Gasteiger partial charge in [-0.3, -0.25) is 0 Å². The average molecular weight is 383 g/mol. The smallest absolute Gasteiger partial charge is 0.126 e. The molecule has 0 atom stereocenters. The Morgan fingerprint density at radius 1 is 0.783 bits per heavy atom. The molecule has 0 bridgehead atoms. The van der Waals surface area contributed by atoms with Gasteiger partial charge in [0.25, 0.3) is 0 Å². The van der Waals surface area contributed by atoms with E-state index in [1.165, 1.54) is 20.9 Å². The Kier molecular flexibility index (Phi) is 5.27. The molecular formula is C19H20Cl2S2. The lowest BCUT2D eigenvalue weighted by atomic mass is 9.88. The van der Waals surface area contributed by atoms with Gasteiger partial charge in [0.1, 0.15) is 4.33 Å². The first-order valence-electron chi connectivity index (χ1n) is 7.88. The third-order valence-corrected chi connectivity index (χ3v) is 7.00. The molecule has 3 rings (SSSR count). The van der Waals surface area contributed by atoms with E-state index >= 15 is 0 Å². The maximum atomic E-state index is 6.59. The van der Waals surface area contributed by atoms with Crippen LogP contribution in [-0.2, 0) is 5.41 Å². The third-order valence-electron chi connectivity index (χ3n) is 4.30. The standard InChI is InChI=1S/C19H20Cl2S2/c1-3-22-16-9-5-14(6-10-16)18(13-19(18,20)21)15-7-11-17(12-8-15)23-4-2/h5-12H,3-4,13H2,1-2H3. The lowest BCUT2D eigenvalue weighted by Gasteiger charge is -2.20. The highest BCUT2D eigenvalue weighted by molar-refractivity contribution is 7.99. The Morgan fingerprint density at radius 3 is 1.39 bits per heavy atom. The summed E-state index contributed by atoms with van der Waals surface area (Å²) in [7, 11) is 0. The molecule has 2 aromatic carbocycles. The fourth-order valence-corrected chi connectivity index (χ4v) is 5.25. The number of rotatable bonds is 6. The highest BCUT2D eigenvalue weighted by Crippen LogP contribution is 2.68. The van der Waals surface area contributed by atoms with E-state index in [0.717, 1.165) is 17.9 Å². The second kappa shape index (κ2) is 6.92. The highest BCUT2D eigenvalue weighted by Gasteiger charge is 2.68. The molecule has 0 nitrogen and oxygen atoms in total. The molecule has 1 fully saturated rings. The summed E-state index contributed by atoms with van der Waals surface area (Å²) in [6.07, 6.45) is 0.768. The zero-order chi connectivity index (χ0) is 16.5. The van der Waals surface area contributed by atoms with Gasteiger partial charge in [-0.25, -0.2) is 0 Å². The van der Waals surface area contributed by atoms with Crippen LogP contribution in [-0.4, -0.2) is 15.8 Å². The molecule has 0 aliphatic heterocycles. The minimum absolute atomic E-state index is 0.277. The summed E-state index contributed by atoms with van der Waals surface area (Å²) in [5.74, 6) is 2.16. The van der Waals surface area contributed by atoms with Crippen molar-refractivity contribution in [3.63, 3.8) is 0 Å². The number of benzene rings is 2. The summed E-state index contributed by atoms with van der Waals surface area (Å²) >= 11 is 16.9. The molecule has 1 aliphatic rings. The number of halogens is 2. The molecule has 0 saturated heterocycles. The first-order chi connectivity index (χ1) is 11.0. The van der Waals surface area contributed by atoms with E-state index in [0.29, 0.717) is 0 Å². The summed E-state index contributed by atoms with van der Waals surface area (Å²) in [6.45, 7) is 4.33. The van der Waals surface area contributed by atoms with Crippen LogP contribution < -0.4 is 0 Å². The molecule has 2 aromatic rings. The van der Waals surface area contributed by atoms with Gasteiger partial charge in [0.15, 0.2) is 0 Å². The minimum Gasteiger partial charge on any atom is -0.126 e. The van der Waals surface area contributed by atoms with Crippen molar-refractivity contribution in [2.24, 2.45) is 0 Å². The van der Waals surface area contributed by atoms with E-state index in [1.807, 2.05) is 23.5 Å². The van der Waals surface area contributed by atoms with E-state index in [2.05, 4.69) is 62.4 Å². The summed E-state index contributed by atoms with van der Waals surface area (Å²) in [4.78, 5) is 2.58. The van der Waals surface area contributed by atoms with Gasteiger partial charge in [0.05, 0.1) is 5.41 Å². The lowest BCUT2D eigenvalue weighted by Crippen LogP contribution is -2.16. The number of thioether (sulfide) groups is 2. The van der Waals surface area contributed by atoms with Crippen LogP contribution in [0.25, 0.3) is 0 Å². The fourth-order valence-electron chi connectivity index (χ4n) is 3.09. The monoisotopic (exact) mass is 382 g/mol. The molecular weight excluding hydrogens is 363 g/mol. The molecule has 1 saturated carbocycles. The predicted octanol–water partition coefficient (Wildman–Crippen LogP) is 6.77. The zero-order valence-electron chi connectivity index (χ0n) is 13.3. The number of alkyl halides is 2. The Bertz CT molecular complexity index is 613. The van der Waals surface area contributed by atoms with Gasteiger partial charge in [-0.1, -0.05) is 38.1 Å². The van der Waals surface area contributed by atoms with Crippen LogP contribution in [0.1, 0.15) is 31.4 Å². The molecule has 122 valence electrons. The van der Waals surface area contributed by atoms with Gasteiger partial charge in [0, 0.05) is 9.79 Å². The summed E-state index contributed by atoms with van der Waals surface area (Å²) < 4.78 is -0.716. The number of hydrogen-bond donors (Lipinski definition) is 0. The van der Waals surface area contributed by atoms with Crippen molar-refractivity contribution in [1.82, 2.24) is 0 Å². The van der Waals surface area contributed by atoms with Gasteiger partial charge >= 0.3 is 0 Å². The Hall–Kier alpha value is -0.280. The van der Waals surface area contributed by atoms with Crippen molar-refractivity contribution in [3.8, 4) is 0 Å². The normalized spacial score (nSPS) is 17.9. The SMILES string of the molecule is CCSc1ccc(C2(c3ccc(SCC)cc3)CC2(Cl)Cl)cc1. The summed E-state index contributed by atoms with van der Waals surface area (Å²) in [5, 5.41) is 0. The van der Waals surface area contributed by atoms with Gasteiger partial charge in [0.2, 0.25) is 0 Å². The van der Waals surface area contributed by atoms with Crippen molar-refractivity contribution >= 4 is 46.7 Å². The van der Waals surface area contributed by atoms with Crippen molar-refractivity contribution in [3.05, 3.63) is 59.7 Å². The first kappa shape index (κ1) is 17.5. The molecule has 0 unspecified atom stereocenters. The van der Waals surface area contributed by atoms with E-state index in [4.69, 9.17) is 23.2 Å². The van der Waals surface area contributed by atoms with Gasteiger partial charge in [-0.15, -0.1) is 46.7 Å². The van der Waals surface area contributed by atoms with Crippen LogP contribution >= 0.6 is 46.7 Å².